The van der Waals surface area contributed by atoms with Crippen molar-refractivity contribution in [1.82, 2.24) is 0 Å². The average molecular weight is 337 g/mol. The van der Waals surface area contributed by atoms with Crippen LogP contribution >= 0.6 is 27.3 Å². The van der Waals surface area contributed by atoms with Gasteiger partial charge >= 0.3 is 0 Å². The number of ether oxygens (including phenoxy) is 1. The quantitative estimate of drug-likeness (QED) is 0.762. The minimum Gasteiger partial charge on any atom is -0.493 e. The van der Waals surface area contributed by atoms with Crippen LogP contribution in [-0.4, -0.2) is 12.4 Å². The van der Waals surface area contributed by atoms with Crippen molar-refractivity contribution >= 4 is 33.0 Å². The van der Waals surface area contributed by atoms with Crippen molar-refractivity contribution in [3.05, 3.63) is 50.6 Å². The van der Waals surface area contributed by atoms with Gasteiger partial charge in [-0.15, -0.1) is 11.3 Å². The van der Waals surface area contributed by atoms with E-state index in [1.807, 2.05) is 29.6 Å². The smallest absolute Gasteiger partial charge is 0.164 e. The first-order valence-electron chi connectivity index (χ1n) is 6.23. The van der Waals surface area contributed by atoms with Crippen molar-refractivity contribution < 1.29 is 9.53 Å². The topological polar surface area (TPSA) is 26.3 Å². The van der Waals surface area contributed by atoms with E-state index < -0.39 is 0 Å². The van der Waals surface area contributed by atoms with Crippen molar-refractivity contribution in [2.75, 3.05) is 6.61 Å². The highest BCUT2D eigenvalue weighted by Gasteiger charge is 2.24. The summed E-state index contributed by atoms with van der Waals surface area (Å²) < 4.78 is 6.63. The van der Waals surface area contributed by atoms with Crippen LogP contribution in [0.2, 0.25) is 0 Å². The van der Waals surface area contributed by atoms with E-state index in [1.54, 1.807) is 11.3 Å². The van der Waals surface area contributed by atoms with Crippen LogP contribution in [0.15, 0.2) is 39.5 Å². The van der Waals surface area contributed by atoms with Crippen LogP contribution in [-0.2, 0) is 0 Å². The molecule has 1 aliphatic heterocycles. The molecule has 2 aromatic rings. The zero-order valence-electron chi connectivity index (χ0n) is 10.3. The van der Waals surface area contributed by atoms with Gasteiger partial charge in [0, 0.05) is 17.4 Å². The number of hydrogen-bond donors (Lipinski definition) is 0. The van der Waals surface area contributed by atoms with E-state index in [0.29, 0.717) is 13.0 Å². The summed E-state index contributed by atoms with van der Waals surface area (Å²) in [6, 6.07) is 9.92. The van der Waals surface area contributed by atoms with Crippen LogP contribution in [0.25, 0.3) is 0 Å². The van der Waals surface area contributed by atoms with Gasteiger partial charge in [-0.2, -0.15) is 0 Å². The zero-order chi connectivity index (χ0) is 13.2. The Kier molecular flexibility index (Phi) is 3.71. The van der Waals surface area contributed by atoms with E-state index >= 15 is 0 Å². The molecule has 0 saturated heterocycles. The third kappa shape index (κ3) is 2.74. The van der Waals surface area contributed by atoms with Crippen LogP contribution in [0.1, 0.15) is 34.7 Å². The van der Waals surface area contributed by atoms with Gasteiger partial charge in [-0.05, 0) is 46.0 Å². The second-order valence-corrected chi connectivity index (χ2v) is 6.93. The molecule has 2 heterocycles. The predicted octanol–water partition coefficient (Wildman–Crippen LogP) is 4.65. The van der Waals surface area contributed by atoms with Gasteiger partial charge in [0.15, 0.2) is 5.78 Å². The van der Waals surface area contributed by atoms with E-state index in [4.69, 9.17) is 4.74 Å². The monoisotopic (exact) mass is 336 g/mol. The number of Topliss-reactive ketones (excluding diaryl/α,β-unsaturated/α-hetero) is 1. The molecule has 0 saturated carbocycles. The highest BCUT2D eigenvalue weighted by atomic mass is 79.9. The lowest BCUT2D eigenvalue weighted by Gasteiger charge is -2.25. The molecule has 1 aromatic heterocycles. The average Bonchev–Trinajstić information content (AvgIpc) is 2.86. The Morgan fingerprint density at radius 2 is 2.26 bits per heavy atom. The Hall–Kier alpha value is -1.13. The number of benzene rings is 1. The van der Waals surface area contributed by atoms with Crippen molar-refractivity contribution in [2.45, 2.75) is 18.8 Å². The number of hydrogen-bond acceptors (Lipinski definition) is 3. The molecule has 1 aliphatic rings. The lowest BCUT2D eigenvalue weighted by atomic mass is 9.88. The lowest BCUT2D eigenvalue weighted by molar-refractivity contribution is 0.0966. The molecule has 1 unspecified atom stereocenters. The molecule has 98 valence electrons. The highest BCUT2D eigenvalue weighted by molar-refractivity contribution is 9.11. The van der Waals surface area contributed by atoms with E-state index in [-0.39, 0.29) is 11.7 Å². The van der Waals surface area contributed by atoms with Crippen LogP contribution in [0.3, 0.4) is 0 Å². The third-order valence-electron chi connectivity index (χ3n) is 3.40. The molecule has 0 radical (unpaired) electrons. The van der Waals surface area contributed by atoms with Crippen LogP contribution in [0.4, 0.5) is 0 Å². The summed E-state index contributed by atoms with van der Waals surface area (Å²) in [5.74, 6) is 1.41. The van der Waals surface area contributed by atoms with Gasteiger partial charge in [0.1, 0.15) is 5.75 Å². The first-order chi connectivity index (χ1) is 9.24. The SMILES string of the molecule is O=C(CC1CCOc2ccccc21)c1csc(Br)c1. The Morgan fingerprint density at radius 1 is 1.42 bits per heavy atom. The van der Waals surface area contributed by atoms with Gasteiger partial charge in [-0.3, -0.25) is 4.79 Å². The minimum absolute atomic E-state index is 0.212. The van der Waals surface area contributed by atoms with Gasteiger partial charge in [0.2, 0.25) is 0 Å². The molecule has 0 amide bonds. The van der Waals surface area contributed by atoms with Crippen LogP contribution in [0.5, 0.6) is 5.75 Å². The Labute approximate surface area is 124 Å². The van der Waals surface area contributed by atoms with E-state index in [0.717, 1.165) is 27.1 Å². The van der Waals surface area contributed by atoms with Gasteiger partial charge in [0.05, 0.1) is 10.4 Å². The molecule has 2 nitrogen and oxygen atoms in total. The Bertz CT molecular complexity index is 606. The fourth-order valence-electron chi connectivity index (χ4n) is 2.43. The molecule has 19 heavy (non-hydrogen) atoms. The number of thiophene rings is 1. The minimum atomic E-state index is 0.212. The van der Waals surface area contributed by atoms with Gasteiger partial charge in [-0.25, -0.2) is 0 Å². The molecular formula is C15H13BrO2S. The molecular weight excluding hydrogens is 324 g/mol. The maximum Gasteiger partial charge on any atom is 0.164 e. The van der Waals surface area contributed by atoms with E-state index in [1.165, 1.54) is 0 Å². The first-order valence-corrected chi connectivity index (χ1v) is 7.90. The fourth-order valence-corrected chi connectivity index (χ4v) is 3.59. The number of ketones is 1. The van der Waals surface area contributed by atoms with E-state index in [9.17, 15) is 4.79 Å². The summed E-state index contributed by atoms with van der Waals surface area (Å²) >= 11 is 4.95. The highest BCUT2D eigenvalue weighted by Crippen LogP contribution is 2.36. The lowest BCUT2D eigenvalue weighted by Crippen LogP contribution is -2.17. The normalized spacial score (nSPS) is 17.6. The van der Waals surface area contributed by atoms with Gasteiger partial charge in [0.25, 0.3) is 0 Å². The van der Waals surface area contributed by atoms with Crippen molar-refractivity contribution in [1.29, 1.82) is 0 Å². The molecule has 1 atom stereocenters. The molecule has 3 rings (SSSR count). The number of para-hydroxylation sites is 1. The third-order valence-corrected chi connectivity index (χ3v) is 4.91. The molecule has 0 bridgehead atoms. The summed E-state index contributed by atoms with van der Waals surface area (Å²) in [5.41, 5.74) is 1.97. The molecule has 4 heteroatoms. The molecule has 0 aliphatic carbocycles. The second-order valence-electron chi connectivity index (χ2n) is 4.64. The summed E-state index contributed by atoms with van der Waals surface area (Å²) in [4.78, 5) is 12.3. The number of carbonyl (C=O) groups excluding carboxylic acids is 1. The van der Waals surface area contributed by atoms with E-state index in [2.05, 4.69) is 22.0 Å². The second kappa shape index (κ2) is 5.47. The summed E-state index contributed by atoms with van der Waals surface area (Å²) in [7, 11) is 0. The Morgan fingerprint density at radius 3 is 3.05 bits per heavy atom. The van der Waals surface area contributed by atoms with Crippen LogP contribution < -0.4 is 4.74 Å². The van der Waals surface area contributed by atoms with Crippen molar-refractivity contribution in [3.8, 4) is 5.75 Å². The summed E-state index contributed by atoms with van der Waals surface area (Å²) in [6.07, 6.45) is 1.47. The fraction of sp³-hybridized carbons (Fsp3) is 0.267. The van der Waals surface area contributed by atoms with Crippen molar-refractivity contribution in [2.24, 2.45) is 0 Å². The number of carbonyl (C=O) groups is 1. The first kappa shape index (κ1) is 12.9. The predicted molar refractivity (Wildman–Crippen MR) is 80.3 cm³/mol. The number of fused-ring (bicyclic) bond motifs is 1. The largest absolute Gasteiger partial charge is 0.493 e. The number of halogens is 1. The molecule has 0 fully saturated rings. The molecule has 0 N–H and O–H groups in total. The van der Waals surface area contributed by atoms with Gasteiger partial charge < -0.3 is 4.74 Å². The molecule has 1 aromatic carbocycles. The number of rotatable bonds is 3. The summed E-state index contributed by atoms with van der Waals surface area (Å²) in [6.45, 7) is 0.697. The van der Waals surface area contributed by atoms with Crippen molar-refractivity contribution in [3.63, 3.8) is 0 Å². The standard InChI is InChI=1S/C15H13BrO2S/c16-15-8-11(9-19-15)13(17)7-10-5-6-18-14-4-2-1-3-12(10)14/h1-4,8-10H,5-7H2. The maximum atomic E-state index is 12.3. The maximum absolute atomic E-state index is 12.3. The molecule has 0 spiro atoms. The summed E-state index contributed by atoms with van der Waals surface area (Å²) in [5, 5.41) is 1.91. The Balaban J connectivity index is 1.79. The van der Waals surface area contributed by atoms with Gasteiger partial charge in [-0.1, -0.05) is 18.2 Å². The van der Waals surface area contributed by atoms with Crippen LogP contribution in [0, 0.1) is 0 Å². The zero-order valence-corrected chi connectivity index (χ0v) is 12.7.